The number of hydrogen-bond donors (Lipinski definition) is 0. The molecule has 9 aromatic carbocycles. The average molecular weight is 740 g/mol. The molecular formula is C54H33N3O. The van der Waals surface area contributed by atoms with Gasteiger partial charge in [-0.15, -0.1) is 0 Å². The molecule has 3 heterocycles. The maximum Gasteiger partial charge on any atom is 0.161 e. The highest BCUT2D eigenvalue weighted by molar-refractivity contribution is 6.24. The Kier molecular flexibility index (Phi) is 7.20. The second kappa shape index (κ2) is 12.9. The van der Waals surface area contributed by atoms with Gasteiger partial charge < -0.3 is 8.98 Å². The average Bonchev–Trinajstić information content (AvgIpc) is 3.63. The largest absolute Gasteiger partial charge is 0.456 e. The van der Waals surface area contributed by atoms with Crippen molar-refractivity contribution in [3.63, 3.8) is 0 Å². The van der Waals surface area contributed by atoms with E-state index in [4.69, 9.17) is 14.4 Å². The minimum atomic E-state index is 0.705. The smallest absolute Gasteiger partial charge is 0.161 e. The first-order valence-electron chi connectivity index (χ1n) is 19.7. The van der Waals surface area contributed by atoms with E-state index in [0.29, 0.717) is 5.82 Å². The molecule has 0 aliphatic carbocycles. The van der Waals surface area contributed by atoms with Gasteiger partial charge in [0.2, 0.25) is 0 Å². The lowest BCUT2D eigenvalue weighted by Crippen LogP contribution is -1.99. The second-order valence-electron chi connectivity index (χ2n) is 14.9. The van der Waals surface area contributed by atoms with Gasteiger partial charge in [0, 0.05) is 43.4 Å². The zero-order valence-corrected chi connectivity index (χ0v) is 31.3. The quantitative estimate of drug-likeness (QED) is 0.181. The Morgan fingerprint density at radius 1 is 0.345 bits per heavy atom. The van der Waals surface area contributed by atoms with E-state index in [1.165, 1.54) is 21.5 Å². The van der Waals surface area contributed by atoms with Crippen LogP contribution in [0.5, 0.6) is 0 Å². The molecule has 4 heteroatoms. The molecule has 0 aliphatic heterocycles. The van der Waals surface area contributed by atoms with Gasteiger partial charge >= 0.3 is 0 Å². The van der Waals surface area contributed by atoms with Crippen molar-refractivity contribution < 1.29 is 4.42 Å². The molecule has 0 N–H and O–H groups in total. The first-order valence-corrected chi connectivity index (χ1v) is 19.7. The minimum Gasteiger partial charge on any atom is -0.456 e. The third-order valence-electron chi connectivity index (χ3n) is 11.6. The number of aromatic nitrogens is 3. The van der Waals surface area contributed by atoms with Crippen LogP contribution in [0, 0.1) is 0 Å². The normalized spacial score (nSPS) is 11.8. The van der Waals surface area contributed by atoms with E-state index in [1.807, 2.05) is 18.2 Å². The predicted molar refractivity (Wildman–Crippen MR) is 242 cm³/mol. The van der Waals surface area contributed by atoms with E-state index in [-0.39, 0.29) is 0 Å². The summed E-state index contributed by atoms with van der Waals surface area (Å²) in [4.78, 5) is 10.5. The van der Waals surface area contributed by atoms with Gasteiger partial charge in [-0.3, -0.25) is 0 Å². The fraction of sp³-hybridized carbons (Fsp3) is 0. The Hall–Kier alpha value is -7.82. The molecule has 0 fully saturated rings. The van der Waals surface area contributed by atoms with E-state index in [9.17, 15) is 0 Å². The molecule has 3 aromatic heterocycles. The minimum absolute atomic E-state index is 0.705. The molecule has 270 valence electrons. The molecule has 12 aromatic rings. The predicted octanol–water partition coefficient (Wildman–Crippen LogP) is 14.5. The molecule has 0 spiro atoms. The summed E-state index contributed by atoms with van der Waals surface area (Å²) in [7, 11) is 0. The van der Waals surface area contributed by atoms with Crippen LogP contribution in [0.25, 0.3) is 115 Å². The summed E-state index contributed by atoms with van der Waals surface area (Å²) in [6.07, 6.45) is 0. The molecule has 58 heavy (non-hydrogen) atoms. The number of nitrogens with zero attached hydrogens (tertiary/aromatic N) is 3. The van der Waals surface area contributed by atoms with Gasteiger partial charge in [0.15, 0.2) is 5.82 Å². The maximum atomic E-state index is 6.82. The molecule has 0 saturated heterocycles. The zero-order valence-electron chi connectivity index (χ0n) is 31.3. The highest BCUT2D eigenvalue weighted by Crippen LogP contribution is 2.42. The van der Waals surface area contributed by atoms with E-state index in [1.54, 1.807) is 0 Å². The van der Waals surface area contributed by atoms with Gasteiger partial charge in [-0.05, 0) is 75.5 Å². The van der Waals surface area contributed by atoms with Gasteiger partial charge in [0.1, 0.15) is 11.2 Å². The number of benzene rings is 9. The SMILES string of the molecule is c1ccc(-c2nc(-c3ccc(-n4c5ccccc5c5cc6c(cc54)c4ccccc4oc4ccccc4c4ccccc46)c4ccccc34)nc3ccccc23)cc1. The Morgan fingerprint density at radius 3 is 1.66 bits per heavy atom. The van der Waals surface area contributed by atoms with Crippen LogP contribution in [0.4, 0.5) is 0 Å². The van der Waals surface area contributed by atoms with Crippen molar-refractivity contribution in [2.75, 3.05) is 0 Å². The topological polar surface area (TPSA) is 43.9 Å². The summed E-state index contributed by atoms with van der Waals surface area (Å²) in [6, 6.07) is 70.8. The fourth-order valence-electron chi connectivity index (χ4n) is 9.03. The molecule has 0 unspecified atom stereocenters. The summed E-state index contributed by atoms with van der Waals surface area (Å²) in [6.45, 7) is 0. The van der Waals surface area contributed by atoms with Gasteiger partial charge in [0.25, 0.3) is 0 Å². The molecule has 0 aliphatic rings. The summed E-state index contributed by atoms with van der Waals surface area (Å²) < 4.78 is 9.25. The Labute approximate surface area is 333 Å². The number of fused-ring (bicyclic) bond motifs is 12. The summed E-state index contributed by atoms with van der Waals surface area (Å²) >= 11 is 0. The Bertz CT molecular complexity index is 3690. The van der Waals surface area contributed by atoms with Gasteiger partial charge in [-0.1, -0.05) is 152 Å². The van der Waals surface area contributed by atoms with Gasteiger partial charge in [-0.2, -0.15) is 0 Å². The fourth-order valence-corrected chi connectivity index (χ4v) is 9.03. The van der Waals surface area contributed by atoms with Crippen molar-refractivity contribution >= 4 is 87.0 Å². The van der Waals surface area contributed by atoms with E-state index >= 15 is 0 Å². The lowest BCUT2D eigenvalue weighted by atomic mass is 9.99. The van der Waals surface area contributed by atoms with Crippen LogP contribution in [-0.2, 0) is 0 Å². The Balaban J connectivity index is 1.19. The molecule has 4 nitrogen and oxygen atoms in total. The molecule has 0 saturated carbocycles. The summed E-state index contributed by atoms with van der Waals surface area (Å²) in [5, 5.41) is 12.3. The van der Waals surface area contributed by atoms with Crippen molar-refractivity contribution in [2.45, 2.75) is 0 Å². The van der Waals surface area contributed by atoms with Crippen LogP contribution in [-0.4, -0.2) is 14.5 Å². The molecular weight excluding hydrogens is 707 g/mol. The third kappa shape index (κ3) is 4.95. The van der Waals surface area contributed by atoms with Crippen LogP contribution in [0.3, 0.4) is 0 Å². The lowest BCUT2D eigenvalue weighted by Gasteiger charge is -2.15. The highest BCUT2D eigenvalue weighted by Gasteiger charge is 2.20. The van der Waals surface area contributed by atoms with E-state index in [0.717, 1.165) is 87.9 Å². The molecule has 0 bridgehead atoms. The molecule has 12 rings (SSSR count). The van der Waals surface area contributed by atoms with Crippen molar-refractivity contribution in [1.82, 2.24) is 14.5 Å². The molecule has 0 radical (unpaired) electrons. The molecule has 0 amide bonds. The maximum absolute atomic E-state index is 6.82. The monoisotopic (exact) mass is 739 g/mol. The van der Waals surface area contributed by atoms with Crippen LogP contribution in [0.2, 0.25) is 0 Å². The van der Waals surface area contributed by atoms with Crippen molar-refractivity contribution in [3.8, 4) is 28.3 Å². The standard InChI is InChI=1S/C54H33N3O/c1-2-16-34(17-3-1)53-43-25-8-12-26-47(43)55-54(56-53)42-30-31-49(38-21-7-6-20-37(38)42)57-48-27-13-9-22-39(48)46-32-44-36-19-5-4-18-35(36)40-23-10-14-28-51(40)58-52-29-15-11-24-41(52)45(44)33-50(46)57/h1-33H. The second-order valence-corrected chi connectivity index (χ2v) is 14.9. The van der Waals surface area contributed by atoms with Crippen LogP contribution >= 0.6 is 0 Å². The van der Waals surface area contributed by atoms with Gasteiger partial charge in [0.05, 0.1) is 27.9 Å². The number of hydrogen-bond acceptors (Lipinski definition) is 3. The highest BCUT2D eigenvalue weighted by atomic mass is 16.3. The Morgan fingerprint density at radius 2 is 0.897 bits per heavy atom. The van der Waals surface area contributed by atoms with E-state index in [2.05, 4.69) is 187 Å². The molecule has 0 atom stereocenters. The van der Waals surface area contributed by atoms with Crippen molar-refractivity contribution in [3.05, 3.63) is 200 Å². The van der Waals surface area contributed by atoms with Gasteiger partial charge in [-0.25, -0.2) is 9.97 Å². The van der Waals surface area contributed by atoms with Crippen molar-refractivity contribution in [1.29, 1.82) is 0 Å². The number of para-hydroxylation sites is 4. The number of rotatable bonds is 3. The van der Waals surface area contributed by atoms with Crippen LogP contribution in [0.1, 0.15) is 0 Å². The third-order valence-corrected chi connectivity index (χ3v) is 11.6. The summed E-state index contributed by atoms with van der Waals surface area (Å²) in [5.41, 5.74) is 8.93. The van der Waals surface area contributed by atoms with E-state index < -0.39 is 0 Å². The first kappa shape index (κ1) is 32.4. The van der Waals surface area contributed by atoms with Crippen molar-refractivity contribution in [2.24, 2.45) is 0 Å². The van der Waals surface area contributed by atoms with Crippen LogP contribution < -0.4 is 0 Å². The summed E-state index contributed by atoms with van der Waals surface area (Å²) in [5.74, 6) is 0.705. The van der Waals surface area contributed by atoms with Crippen LogP contribution in [0.15, 0.2) is 205 Å². The lowest BCUT2D eigenvalue weighted by molar-refractivity contribution is 0.663. The zero-order chi connectivity index (χ0) is 38.2. The first-order chi connectivity index (χ1) is 28.8.